The van der Waals surface area contributed by atoms with E-state index in [1.807, 2.05) is 43.3 Å². The summed E-state index contributed by atoms with van der Waals surface area (Å²) in [6, 6.07) is 13.8. The zero-order valence-electron chi connectivity index (χ0n) is 16.8. The number of carbonyl (C=O) groups excluding carboxylic acids is 1. The molecule has 3 aromatic rings. The Bertz CT molecular complexity index is 1030. The van der Waals surface area contributed by atoms with Crippen LogP contribution in [0.2, 0.25) is 0 Å². The number of aromatic amines is 1. The van der Waals surface area contributed by atoms with Crippen LogP contribution in [0.3, 0.4) is 0 Å². The van der Waals surface area contributed by atoms with Crippen LogP contribution < -0.4 is 10.2 Å². The number of para-hydroxylation sites is 3. The molecule has 0 radical (unpaired) electrons. The number of fused-ring (bicyclic) bond motifs is 2. The maximum Gasteiger partial charge on any atom is 0.220 e. The summed E-state index contributed by atoms with van der Waals surface area (Å²) in [4.78, 5) is 22.0. The number of rotatable bonds is 6. The van der Waals surface area contributed by atoms with E-state index in [4.69, 9.17) is 0 Å². The van der Waals surface area contributed by atoms with E-state index in [9.17, 15) is 9.00 Å². The largest absolute Gasteiger partial charge is 0.371 e. The monoisotopic (exact) mass is 410 g/mol. The lowest BCUT2D eigenvalue weighted by atomic mass is 9.93. The summed E-state index contributed by atoms with van der Waals surface area (Å²) in [5.41, 5.74) is 4.96. The second-order valence-corrected chi connectivity index (χ2v) is 8.61. The highest BCUT2D eigenvalue weighted by Crippen LogP contribution is 2.37. The van der Waals surface area contributed by atoms with E-state index >= 15 is 0 Å². The number of hydrogen-bond donors (Lipinski definition) is 2. The van der Waals surface area contributed by atoms with Crippen molar-refractivity contribution in [2.45, 2.75) is 43.6 Å². The summed E-state index contributed by atoms with van der Waals surface area (Å²) >= 11 is 0. The third kappa shape index (κ3) is 3.92. The fourth-order valence-electron chi connectivity index (χ4n) is 3.96. The molecule has 0 fully saturated rings. The Morgan fingerprint density at radius 1 is 1.24 bits per heavy atom. The van der Waals surface area contributed by atoms with Crippen LogP contribution in [-0.2, 0) is 21.3 Å². The fraction of sp³-hybridized carbons (Fsp3) is 0.364. The number of nitrogens with one attached hydrogen (secondary N) is 2. The molecule has 152 valence electrons. The van der Waals surface area contributed by atoms with Crippen LogP contribution in [0.15, 0.2) is 47.6 Å². The molecule has 0 aliphatic carbocycles. The molecule has 2 unspecified atom stereocenters. The molecule has 29 heavy (non-hydrogen) atoms. The van der Waals surface area contributed by atoms with Gasteiger partial charge in [-0.1, -0.05) is 37.3 Å². The van der Waals surface area contributed by atoms with E-state index in [2.05, 4.69) is 33.2 Å². The maximum atomic E-state index is 13.1. The molecule has 6 nitrogen and oxygen atoms in total. The average molecular weight is 411 g/mol. The van der Waals surface area contributed by atoms with Crippen LogP contribution in [0.25, 0.3) is 11.0 Å². The number of carbonyl (C=O) groups is 1. The minimum atomic E-state index is -1.29. The SMILES string of the molecule is CCC(=O)NC1CCN(CC)c2c(CS(=O)c3nc4ccccc4[nH]3)cccc21. The van der Waals surface area contributed by atoms with Gasteiger partial charge in [-0.2, -0.15) is 0 Å². The van der Waals surface area contributed by atoms with Gasteiger partial charge in [-0.3, -0.25) is 9.00 Å². The Morgan fingerprint density at radius 3 is 2.83 bits per heavy atom. The Balaban J connectivity index is 1.66. The van der Waals surface area contributed by atoms with Gasteiger partial charge < -0.3 is 15.2 Å². The van der Waals surface area contributed by atoms with E-state index in [1.165, 1.54) is 0 Å². The number of hydrogen-bond acceptors (Lipinski definition) is 4. The van der Waals surface area contributed by atoms with E-state index in [0.29, 0.717) is 17.3 Å². The summed E-state index contributed by atoms with van der Waals surface area (Å²) in [5.74, 6) is 0.440. The predicted octanol–water partition coefficient (Wildman–Crippen LogP) is 3.67. The first-order valence-corrected chi connectivity index (χ1v) is 11.4. The summed E-state index contributed by atoms with van der Waals surface area (Å²) in [5, 5.41) is 3.64. The number of amides is 1. The molecule has 1 amide bonds. The topological polar surface area (TPSA) is 78.1 Å². The minimum Gasteiger partial charge on any atom is -0.371 e. The van der Waals surface area contributed by atoms with E-state index in [0.717, 1.165) is 47.4 Å². The Hall–Kier alpha value is -2.67. The molecule has 1 aliphatic rings. The van der Waals surface area contributed by atoms with Gasteiger partial charge in [-0.05, 0) is 36.6 Å². The number of aromatic nitrogens is 2. The van der Waals surface area contributed by atoms with Gasteiger partial charge in [-0.25, -0.2) is 4.98 Å². The number of imidazole rings is 1. The van der Waals surface area contributed by atoms with Gasteiger partial charge in [0.1, 0.15) is 0 Å². The number of benzene rings is 2. The number of anilines is 1. The minimum absolute atomic E-state index is 0.000152. The van der Waals surface area contributed by atoms with Crippen LogP contribution in [0.5, 0.6) is 0 Å². The molecule has 0 spiro atoms. The third-order valence-corrected chi connectivity index (χ3v) is 6.64. The van der Waals surface area contributed by atoms with Crippen LogP contribution in [0, 0.1) is 0 Å². The Labute approximate surface area is 173 Å². The molecule has 0 bridgehead atoms. The highest BCUT2D eigenvalue weighted by molar-refractivity contribution is 7.84. The van der Waals surface area contributed by atoms with Crippen LogP contribution in [-0.4, -0.2) is 33.2 Å². The van der Waals surface area contributed by atoms with Gasteiger partial charge in [0, 0.05) is 25.2 Å². The predicted molar refractivity (Wildman–Crippen MR) is 116 cm³/mol. The Kier molecular flexibility index (Phi) is 5.67. The molecular formula is C22H26N4O2S. The second-order valence-electron chi connectivity index (χ2n) is 7.25. The molecular weight excluding hydrogens is 384 g/mol. The summed E-state index contributed by atoms with van der Waals surface area (Å²) in [6.45, 7) is 5.73. The van der Waals surface area contributed by atoms with Gasteiger partial charge in [0.05, 0.1) is 33.6 Å². The van der Waals surface area contributed by atoms with Gasteiger partial charge >= 0.3 is 0 Å². The molecule has 1 aromatic heterocycles. The van der Waals surface area contributed by atoms with E-state index in [1.54, 1.807) is 0 Å². The molecule has 2 heterocycles. The summed E-state index contributed by atoms with van der Waals surface area (Å²) in [7, 11) is -1.29. The summed E-state index contributed by atoms with van der Waals surface area (Å²) in [6.07, 6.45) is 1.35. The maximum absolute atomic E-state index is 13.1. The van der Waals surface area contributed by atoms with Crippen molar-refractivity contribution in [1.82, 2.24) is 15.3 Å². The number of H-pyrrole nitrogens is 1. The van der Waals surface area contributed by atoms with Gasteiger partial charge in [0.2, 0.25) is 5.91 Å². The molecule has 2 N–H and O–H groups in total. The van der Waals surface area contributed by atoms with Gasteiger partial charge in [0.25, 0.3) is 0 Å². The number of nitrogens with zero attached hydrogens (tertiary/aromatic N) is 2. The van der Waals surface area contributed by atoms with E-state index in [-0.39, 0.29) is 11.9 Å². The highest BCUT2D eigenvalue weighted by Gasteiger charge is 2.28. The standard InChI is InChI=1S/C22H26N4O2S/c1-3-20(27)23-17-12-13-26(4-2)21-15(8-7-9-16(17)21)14-29(28)22-24-18-10-5-6-11-19(18)25-22/h5-11,17H,3-4,12-14H2,1-2H3,(H,23,27)(H,24,25). The van der Waals surface area contributed by atoms with Crippen molar-refractivity contribution in [3.8, 4) is 0 Å². The quantitative estimate of drug-likeness (QED) is 0.650. The van der Waals surface area contributed by atoms with Crippen LogP contribution in [0.4, 0.5) is 5.69 Å². The molecule has 2 atom stereocenters. The van der Waals surface area contributed by atoms with Crippen LogP contribution >= 0.6 is 0 Å². The van der Waals surface area contributed by atoms with Gasteiger partial charge in [0.15, 0.2) is 5.16 Å². The fourth-order valence-corrected chi connectivity index (χ4v) is 5.03. The first-order valence-electron chi connectivity index (χ1n) is 10.1. The normalized spacial score (nSPS) is 17.2. The van der Waals surface area contributed by atoms with Crippen molar-refractivity contribution in [3.05, 3.63) is 53.6 Å². The average Bonchev–Trinajstić information content (AvgIpc) is 3.18. The van der Waals surface area contributed by atoms with E-state index < -0.39 is 10.8 Å². The first-order chi connectivity index (χ1) is 14.1. The molecule has 4 rings (SSSR count). The lowest BCUT2D eigenvalue weighted by Crippen LogP contribution is -2.38. The zero-order chi connectivity index (χ0) is 20.4. The van der Waals surface area contributed by atoms with Crippen molar-refractivity contribution in [2.24, 2.45) is 0 Å². The summed E-state index contributed by atoms with van der Waals surface area (Å²) < 4.78 is 13.1. The molecule has 7 heteroatoms. The van der Waals surface area contributed by atoms with Crippen molar-refractivity contribution < 1.29 is 9.00 Å². The highest BCUT2D eigenvalue weighted by atomic mass is 32.2. The molecule has 0 saturated carbocycles. The smallest absolute Gasteiger partial charge is 0.220 e. The first kappa shape index (κ1) is 19.6. The molecule has 1 aliphatic heterocycles. The van der Waals surface area contributed by atoms with Crippen molar-refractivity contribution in [3.63, 3.8) is 0 Å². The second kappa shape index (κ2) is 8.37. The zero-order valence-corrected chi connectivity index (χ0v) is 17.6. The van der Waals surface area contributed by atoms with Crippen LogP contribution in [0.1, 0.15) is 43.9 Å². The molecule has 2 aromatic carbocycles. The van der Waals surface area contributed by atoms with Crippen molar-refractivity contribution in [2.75, 3.05) is 18.0 Å². The molecule has 0 saturated heterocycles. The Morgan fingerprint density at radius 2 is 2.07 bits per heavy atom. The van der Waals surface area contributed by atoms with Crippen molar-refractivity contribution in [1.29, 1.82) is 0 Å². The lowest BCUT2D eigenvalue weighted by molar-refractivity contribution is -0.121. The lowest BCUT2D eigenvalue weighted by Gasteiger charge is -2.37. The third-order valence-electron chi connectivity index (χ3n) is 5.44. The van der Waals surface area contributed by atoms with Gasteiger partial charge in [-0.15, -0.1) is 0 Å². The van der Waals surface area contributed by atoms with Crippen molar-refractivity contribution >= 4 is 33.4 Å².